The second-order valence-electron chi connectivity index (χ2n) is 6.61. The Bertz CT molecular complexity index is 795. The van der Waals surface area contributed by atoms with Gasteiger partial charge in [0.1, 0.15) is 17.1 Å². The van der Waals surface area contributed by atoms with Gasteiger partial charge in [-0.25, -0.2) is 0 Å². The zero-order valence-corrected chi connectivity index (χ0v) is 14.0. The van der Waals surface area contributed by atoms with Crippen LogP contribution in [0, 0.1) is 19.8 Å². The Hall–Kier alpha value is -1.94. The predicted octanol–water partition coefficient (Wildman–Crippen LogP) is 4.35. The van der Waals surface area contributed by atoms with Gasteiger partial charge < -0.3 is 18.9 Å². The number of ether oxygens (including phenoxy) is 1. The number of fused-ring (bicyclic) bond motifs is 2. The van der Waals surface area contributed by atoms with Gasteiger partial charge >= 0.3 is 0 Å². The molecule has 0 aliphatic carbocycles. The summed E-state index contributed by atoms with van der Waals surface area (Å²) in [6.45, 7) is 6.19. The van der Waals surface area contributed by atoms with Gasteiger partial charge in [0.15, 0.2) is 11.3 Å². The van der Waals surface area contributed by atoms with Crippen molar-refractivity contribution in [2.45, 2.75) is 33.1 Å². The van der Waals surface area contributed by atoms with Crippen LogP contribution in [0.4, 0.5) is 0 Å². The second-order valence-corrected chi connectivity index (χ2v) is 6.61. The summed E-state index contributed by atoms with van der Waals surface area (Å²) < 4.78 is 17.7. The number of aryl methyl sites for hydroxylation is 2. The molecule has 1 aliphatic heterocycles. The van der Waals surface area contributed by atoms with Crippen molar-refractivity contribution in [3.05, 3.63) is 29.2 Å². The minimum absolute atomic E-state index is 0.691. The second kappa shape index (κ2) is 5.60. The number of piperidine rings is 1. The molecule has 1 aromatic carbocycles. The van der Waals surface area contributed by atoms with Gasteiger partial charge in [0.2, 0.25) is 0 Å². The summed E-state index contributed by atoms with van der Waals surface area (Å²) in [5.74, 6) is 3.30. The van der Waals surface area contributed by atoms with Crippen molar-refractivity contribution in [3.8, 4) is 5.75 Å². The lowest BCUT2D eigenvalue weighted by atomic mass is 9.89. The van der Waals surface area contributed by atoms with Crippen molar-refractivity contribution in [1.82, 2.24) is 5.32 Å². The Balaban J connectivity index is 1.94. The van der Waals surface area contributed by atoms with E-state index in [-0.39, 0.29) is 0 Å². The lowest BCUT2D eigenvalue weighted by molar-refractivity contribution is 0.372. The molecule has 0 bridgehead atoms. The molecule has 2 aromatic heterocycles. The van der Waals surface area contributed by atoms with E-state index in [1.165, 1.54) is 18.4 Å². The van der Waals surface area contributed by atoms with Gasteiger partial charge in [0, 0.05) is 10.9 Å². The van der Waals surface area contributed by atoms with Gasteiger partial charge in [-0.3, -0.25) is 0 Å². The fraction of sp³-hybridized carbons (Fsp3) is 0.474. The zero-order valence-electron chi connectivity index (χ0n) is 14.0. The number of hydrogen-bond donors (Lipinski definition) is 1. The highest BCUT2D eigenvalue weighted by Crippen LogP contribution is 2.42. The van der Waals surface area contributed by atoms with Gasteiger partial charge in [0.25, 0.3) is 0 Å². The molecule has 1 aliphatic rings. The number of benzene rings is 1. The van der Waals surface area contributed by atoms with E-state index in [1.54, 1.807) is 7.11 Å². The van der Waals surface area contributed by atoms with E-state index >= 15 is 0 Å². The monoisotopic (exact) mass is 313 g/mol. The van der Waals surface area contributed by atoms with Gasteiger partial charge in [-0.15, -0.1) is 0 Å². The summed E-state index contributed by atoms with van der Waals surface area (Å²) in [5.41, 5.74) is 3.08. The van der Waals surface area contributed by atoms with Crippen LogP contribution in [0.1, 0.15) is 29.9 Å². The van der Waals surface area contributed by atoms with Gasteiger partial charge in [-0.1, -0.05) is 0 Å². The third kappa shape index (κ3) is 2.41. The topological polar surface area (TPSA) is 47.5 Å². The molecule has 0 amide bonds. The average molecular weight is 313 g/mol. The predicted molar refractivity (Wildman–Crippen MR) is 91.3 cm³/mol. The average Bonchev–Trinajstić information content (AvgIpc) is 3.11. The molecule has 1 fully saturated rings. The number of rotatable bonds is 3. The molecule has 0 spiro atoms. The minimum Gasteiger partial charge on any atom is -0.492 e. The first-order valence-corrected chi connectivity index (χ1v) is 8.37. The van der Waals surface area contributed by atoms with Crippen LogP contribution in [0.15, 0.2) is 21.0 Å². The molecule has 4 nitrogen and oxygen atoms in total. The highest BCUT2D eigenvalue weighted by molar-refractivity contribution is 6.04. The van der Waals surface area contributed by atoms with E-state index < -0.39 is 0 Å². The first kappa shape index (κ1) is 14.6. The molecule has 23 heavy (non-hydrogen) atoms. The van der Waals surface area contributed by atoms with Crippen molar-refractivity contribution in [2.75, 3.05) is 20.2 Å². The summed E-state index contributed by atoms with van der Waals surface area (Å²) in [6.07, 6.45) is 3.46. The van der Waals surface area contributed by atoms with E-state index in [9.17, 15) is 0 Å². The fourth-order valence-corrected chi connectivity index (χ4v) is 3.84. The Labute approximate surface area is 135 Å². The summed E-state index contributed by atoms with van der Waals surface area (Å²) >= 11 is 0. The summed E-state index contributed by atoms with van der Waals surface area (Å²) in [4.78, 5) is 0. The lowest BCUT2D eigenvalue weighted by Gasteiger charge is -2.23. The molecule has 0 radical (unpaired) electrons. The largest absolute Gasteiger partial charge is 0.492 e. The maximum absolute atomic E-state index is 6.06. The molecule has 4 heteroatoms. The summed E-state index contributed by atoms with van der Waals surface area (Å²) in [6, 6.07) is 4.17. The SMILES string of the molecule is COc1c2cc(C)oc2c(CC2CCNCC2)c2cc(C)oc12. The molecule has 0 unspecified atom stereocenters. The number of methoxy groups -OCH3 is 1. The fourth-order valence-electron chi connectivity index (χ4n) is 3.84. The standard InChI is InChI=1S/C19H23NO3/c1-11-8-14-15(10-13-4-6-20-7-5-13)17-16(9-12(2)22-17)18(21-3)19(14)23-11/h8-9,13,20H,4-7,10H2,1-3H3. The molecule has 0 atom stereocenters. The molecule has 4 rings (SSSR count). The normalized spacial score (nSPS) is 16.5. The van der Waals surface area contributed by atoms with Crippen molar-refractivity contribution < 1.29 is 13.6 Å². The van der Waals surface area contributed by atoms with Gasteiger partial charge in [-0.2, -0.15) is 0 Å². The quantitative estimate of drug-likeness (QED) is 0.781. The highest BCUT2D eigenvalue weighted by atomic mass is 16.5. The Morgan fingerprint density at radius 2 is 1.70 bits per heavy atom. The lowest BCUT2D eigenvalue weighted by Crippen LogP contribution is -2.28. The maximum atomic E-state index is 6.06. The van der Waals surface area contributed by atoms with Crippen LogP contribution < -0.4 is 10.1 Å². The zero-order chi connectivity index (χ0) is 16.0. The van der Waals surface area contributed by atoms with Crippen molar-refractivity contribution in [2.24, 2.45) is 5.92 Å². The Morgan fingerprint density at radius 3 is 2.39 bits per heavy atom. The van der Waals surface area contributed by atoms with Crippen molar-refractivity contribution in [3.63, 3.8) is 0 Å². The van der Waals surface area contributed by atoms with E-state index in [4.69, 9.17) is 13.6 Å². The van der Waals surface area contributed by atoms with Gasteiger partial charge in [-0.05, 0) is 64.3 Å². The summed E-state index contributed by atoms with van der Waals surface area (Å²) in [5, 5.41) is 5.60. The van der Waals surface area contributed by atoms with E-state index in [1.807, 2.05) is 13.8 Å². The van der Waals surface area contributed by atoms with Crippen LogP contribution in [0.3, 0.4) is 0 Å². The minimum atomic E-state index is 0.691. The number of hydrogen-bond acceptors (Lipinski definition) is 4. The molecule has 1 N–H and O–H groups in total. The van der Waals surface area contributed by atoms with Crippen LogP contribution in [-0.4, -0.2) is 20.2 Å². The smallest absolute Gasteiger partial charge is 0.177 e. The molecule has 3 heterocycles. The first-order chi connectivity index (χ1) is 11.2. The van der Waals surface area contributed by atoms with Crippen molar-refractivity contribution in [1.29, 1.82) is 0 Å². The first-order valence-electron chi connectivity index (χ1n) is 8.37. The molecule has 1 saturated heterocycles. The molecular formula is C19H23NO3. The van der Waals surface area contributed by atoms with Crippen LogP contribution in [-0.2, 0) is 6.42 Å². The Morgan fingerprint density at radius 1 is 1.04 bits per heavy atom. The molecule has 0 saturated carbocycles. The third-order valence-electron chi connectivity index (χ3n) is 4.92. The summed E-state index contributed by atoms with van der Waals surface area (Å²) in [7, 11) is 1.70. The highest BCUT2D eigenvalue weighted by Gasteiger charge is 2.24. The number of furan rings is 2. The van der Waals surface area contributed by atoms with E-state index in [0.29, 0.717) is 5.92 Å². The van der Waals surface area contributed by atoms with Crippen molar-refractivity contribution >= 4 is 21.9 Å². The maximum Gasteiger partial charge on any atom is 0.177 e. The van der Waals surface area contributed by atoms with E-state index in [0.717, 1.165) is 58.7 Å². The Kier molecular flexibility index (Phi) is 3.57. The van der Waals surface area contributed by atoms with Gasteiger partial charge in [0.05, 0.1) is 12.5 Å². The molecule has 122 valence electrons. The van der Waals surface area contributed by atoms with Crippen LogP contribution in [0.5, 0.6) is 5.75 Å². The molecular weight excluding hydrogens is 290 g/mol. The van der Waals surface area contributed by atoms with E-state index in [2.05, 4.69) is 17.4 Å². The molecule has 3 aromatic rings. The number of nitrogens with one attached hydrogen (secondary N) is 1. The van der Waals surface area contributed by atoms with Crippen LogP contribution >= 0.6 is 0 Å². The van der Waals surface area contributed by atoms with Crippen LogP contribution in [0.2, 0.25) is 0 Å². The van der Waals surface area contributed by atoms with Crippen LogP contribution in [0.25, 0.3) is 21.9 Å². The third-order valence-corrected chi connectivity index (χ3v) is 4.92.